The topological polar surface area (TPSA) is 61.9 Å². The molecule has 0 atom stereocenters. The van der Waals surface area contributed by atoms with E-state index in [9.17, 15) is 22.8 Å². The van der Waals surface area contributed by atoms with Crippen molar-refractivity contribution < 1.29 is 27.5 Å². The molecule has 1 saturated heterocycles. The molecule has 6 nitrogen and oxygen atoms in total. The molecule has 1 aliphatic heterocycles. The molecular formula is C22H24F3N3O3. The zero-order valence-electron chi connectivity index (χ0n) is 17.1. The summed E-state index contributed by atoms with van der Waals surface area (Å²) >= 11 is 0. The van der Waals surface area contributed by atoms with Gasteiger partial charge in [0.2, 0.25) is 5.91 Å². The van der Waals surface area contributed by atoms with Crippen molar-refractivity contribution in [2.75, 3.05) is 49.6 Å². The van der Waals surface area contributed by atoms with E-state index >= 15 is 0 Å². The number of likely N-dealkylation sites (N-methyl/N-ethyl adjacent to an activating group) is 1. The third-order valence-corrected chi connectivity index (χ3v) is 4.99. The summed E-state index contributed by atoms with van der Waals surface area (Å²) in [5, 5.41) is 2.69. The van der Waals surface area contributed by atoms with Crippen molar-refractivity contribution in [1.82, 2.24) is 4.90 Å². The fraction of sp³-hybridized carbons (Fsp3) is 0.364. The number of hydrogen-bond acceptors (Lipinski definition) is 4. The Kier molecular flexibility index (Phi) is 7.17. The quantitative estimate of drug-likeness (QED) is 0.753. The number of amides is 2. The Hall–Kier alpha value is -3.07. The molecule has 1 fully saturated rings. The van der Waals surface area contributed by atoms with Gasteiger partial charge in [-0.3, -0.25) is 9.59 Å². The van der Waals surface area contributed by atoms with Gasteiger partial charge in [0, 0.05) is 31.0 Å². The van der Waals surface area contributed by atoms with Crippen molar-refractivity contribution in [3.05, 3.63) is 59.7 Å². The summed E-state index contributed by atoms with van der Waals surface area (Å²) < 4.78 is 45.0. The highest BCUT2D eigenvalue weighted by Crippen LogP contribution is 2.32. The largest absolute Gasteiger partial charge is 0.417 e. The lowest BCUT2D eigenvalue weighted by Crippen LogP contribution is -2.38. The molecule has 31 heavy (non-hydrogen) atoms. The number of hydrogen-bond donors (Lipinski definition) is 1. The smallest absolute Gasteiger partial charge is 0.378 e. The summed E-state index contributed by atoms with van der Waals surface area (Å²) in [5.74, 6) is -1.33. The van der Waals surface area contributed by atoms with Gasteiger partial charge in [0.1, 0.15) is 6.54 Å². The van der Waals surface area contributed by atoms with E-state index in [4.69, 9.17) is 4.74 Å². The maximum Gasteiger partial charge on any atom is 0.417 e. The van der Waals surface area contributed by atoms with E-state index < -0.39 is 29.1 Å². The molecule has 0 saturated carbocycles. The lowest BCUT2D eigenvalue weighted by atomic mass is 10.1. The first kappa shape index (κ1) is 22.6. The number of nitrogens with one attached hydrogen (secondary N) is 1. The van der Waals surface area contributed by atoms with Crippen LogP contribution in [-0.4, -0.2) is 56.1 Å². The first-order valence-corrected chi connectivity index (χ1v) is 9.97. The second-order valence-corrected chi connectivity index (χ2v) is 7.06. The first-order chi connectivity index (χ1) is 14.8. The molecule has 0 radical (unpaired) electrons. The van der Waals surface area contributed by atoms with Crippen LogP contribution in [0.4, 0.5) is 24.5 Å². The van der Waals surface area contributed by atoms with Gasteiger partial charge in [0.05, 0.1) is 24.3 Å². The Bertz CT molecular complexity index is 910. The summed E-state index contributed by atoms with van der Waals surface area (Å²) in [6.07, 6.45) is -4.66. The van der Waals surface area contributed by atoms with Crippen molar-refractivity contribution >= 4 is 23.2 Å². The zero-order chi connectivity index (χ0) is 22.4. The van der Waals surface area contributed by atoms with E-state index in [-0.39, 0.29) is 13.1 Å². The highest BCUT2D eigenvalue weighted by Gasteiger charge is 2.36. The Balaban J connectivity index is 1.64. The van der Waals surface area contributed by atoms with Crippen molar-refractivity contribution in [3.8, 4) is 0 Å². The van der Waals surface area contributed by atoms with Crippen LogP contribution in [0.1, 0.15) is 22.8 Å². The summed E-state index contributed by atoms with van der Waals surface area (Å²) in [7, 11) is 0. The van der Waals surface area contributed by atoms with Gasteiger partial charge in [-0.05, 0) is 43.3 Å². The molecule has 1 heterocycles. The molecule has 0 spiro atoms. The summed E-state index contributed by atoms with van der Waals surface area (Å²) in [6.45, 7) is 4.25. The molecule has 0 aliphatic carbocycles. The minimum absolute atomic E-state index is 0.0917. The zero-order valence-corrected chi connectivity index (χ0v) is 17.1. The maximum atomic E-state index is 13.2. The number of alkyl halides is 3. The van der Waals surface area contributed by atoms with Gasteiger partial charge in [0.25, 0.3) is 5.91 Å². The fourth-order valence-electron chi connectivity index (χ4n) is 3.37. The Morgan fingerprint density at radius 1 is 1.06 bits per heavy atom. The van der Waals surface area contributed by atoms with Gasteiger partial charge in [-0.15, -0.1) is 0 Å². The van der Waals surface area contributed by atoms with Crippen molar-refractivity contribution in [1.29, 1.82) is 0 Å². The predicted octanol–water partition coefficient (Wildman–Crippen LogP) is 3.64. The maximum absolute atomic E-state index is 13.2. The number of rotatable bonds is 6. The molecule has 2 aromatic rings. The molecular weight excluding hydrogens is 411 g/mol. The number of ether oxygens (including phenoxy) is 1. The second-order valence-electron chi connectivity index (χ2n) is 7.06. The Morgan fingerprint density at radius 2 is 1.71 bits per heavy atom. The number of carbonyl (C=O) groups is 2. The SMILES string of the molecule is CCN(CC(=O)Nc1ccc(N2CCOCC2)cc1)C(=O)c1ccccc1C(F)(F)F. The molecule has 166 valence electrons. The van der Waals surface area contributed by atoms with E-state index in [1.54, 1.807) is 19.1 Å². The van der Waals surface area contributed by atoms with Crippen LogP contribution >= 0.6 is 0 Å². The van der Waals surface area contributed by atoms with Crippen molar-refractivity contribution in [3.63, 3.8) is 0 Å². The van der Waals surface area contributed by atoms with Gasteiger partial charge >= 0.3 is 6.18 Å². The van der Waals surface area contributed by atoms with E-state index in [0.717, 1.165) is 35.8 Å². The van der Waals surface area contributed by atoms with Crippen LogP contribution < -0.4 is 10.2 Å². The number of halogens is 3. The van der Waals surface area contributed by atoms with Crippen LogP contribution in [0, 0.1) is 0 Å². The highest BCUT2D eigenvalue weighted by molar-refractivity contribution is 6.00. The minimum atomic E-state index is -4.66. The lowest BCUT2D eigenvalue weighted by Gasteiger charge is -2.29. The van der Waals surface area contributed by atoms with E-state index in [1.165, 1.54) is 12.1 Å². The fourth-order valence-corrected chi connectivity index (χ4v) is 3.37. The van der Waals surface area contributed by atoms with Gasteiger partial charge in [-0.2, -0.15) is 13.2 Å². The van der Waals surface area contributed by atoms with Crippen LogP contribution in [0.15, 0.2) is 48.5 Å². The van der Waals surface area contributed by atoms with Crippen LogP contribution in [0.25, 0.3) is 0 Å². The first-order valence-electron chi connectivity index (χ1n) is 9.97. The average molecular weight is 435 g/mol. The average Bonchev–Trinajstić information content (AvgIpc) is 2.77. The molecule has 0 unspecified atom stereocenters. The molecule has 2 amide bonds. The molecule has 3 rings (SSSR count). The monoisotopic (exact) mass is 435 g/mol. The highest BCUT2D eigenvalue weighted by atomic mass is 19.4. The number of morpholine rings is 1. The van der Waals surface area contributed by atoms with Crippen LogP contribution in [0.3, 0.4) is 0 Å². The molecule has 9 heteroatoms. The predicted molar refractivity (Wildman–Crippen MR) is 111 cm³/mol. The van der Waals surface area contributed by atoms with Crippen molar-refractivity contribution in [2.45, 2.75) is 13.1 Å². The van der Waals surface area contributed by atoms with Crippen LogP contribution in [-0.2, 0) is 15.7 Å². The number of benzene rings is 2. The number of anilines is 2. The Labute approximate surface area is 178 Å². The van der Waals surface area contributed by atoms with Gasteiger partial charge in [-0.1, -0.05) is 12.1 Å². The van der Waals surface area contributed by atoms with Crippen molar-refractivity contribution in [2.24, 2.45) is 0 Å². The second kappa shape index (κ2) is 9.82. The summed E-state index contributed by atoms with van der Waals surface area (Å²) in [4.78, 5) is 28.4. The number of carbonyl (C=O) groups excluding carboxylic acids is 2. The van der Waals surface area contributed by atoms with Crippen LogP contribution in [0.5, 0.6) is 0 Å². The lowest BCUT2D eigenvalue weighted by molar-refractivity contribution is -0.138. The minimum Gasteiger partial charge on any atom is -0.378 e. The summed E-state index contributed by atoms with van der Waals surface area (Å²) in [6, 6.07) is 11.8. The molecule has 1 aliphatic rings. The van der Waals surface area contributed by atoms with E-state index in [1.807, 2.05) is 12.1 Å². The standard InChI is InChI=1S/C22H24F3N3O3/c1-2-27(21(30)18-5-3-4-6-19(18)22(23,24)25)15-20(29)26-16-7-9-17(10-8-16)28-11-13-31-14-12-28/h3-10H,2,11-15H2,1H3,(H,26,29). The molecule has 0 aromatic heterocycles. The molecule has 0 bridgehead atoms. The van der Waals surface area contributed by atoms with Gasteiger partial charge < -0.3 is 19.9 Å². The van der Waals surface area contributed by atoms with Gasteiger partial charge in [-0.25, -0.2) is 0 Å². The molecule has 2 aromatic carbocycles. The third-order valence-electron chi connectivity index (χ3n) is 4.99. The third kappa shape index (κ3) is 5.75. The summed E-state index contributed by atoms with van der Waals surface area (Å²) in [5.41, 5.74) is 0.0636. The number of nitrogens with zero attached hydrogens (tertiary/aromatic N) is 2. The van der Waals surface area contributed by atoms with Crippen LogP contribution in [0.2, 0.25) is 0 Å². The van der Waals surface area contributed by atoms with Gasteiger partial charge in [0.15, 0.2) is 0 Å². The van der Waals surface area contributed by atoms with E-state index in [0.29, 0.717) is 18.9 Å². The Morgan fingerprint density at radius 3 is 2.32 bits per heavy atom. The normalized spacial score (nSPS) is 14.3. The molecule has 1 N–H and O–H groups in total. The van der Waals surface area contributed by atoms with E-state index in [2.05, 4.69) is 10.2 Å².